The van der Waals surface area contributed by atoms with Gasteiger partial charge < -0.3 is 5.11 Å². The van der Waals surface area contributed by atoms with Crippen LogP contribution in [-0.4, -0.2) is 16.1 Å². The van der Waals surface area contributed by atoms with Gasteiger partial charge in [-0.2, -0.15) is 0 Å². The minimum atomic E-state index is -0.821. The Kier molecular flexibility index (Phi) is 2.52. The van der Waals surface area contributed by atoms with Gasteiger partial charge >= 0.3 is 5.97 Å². The Morgan fingerprint density at radius 2 is 2.36 bits per heavy atom. The number of carboxylic acid groups (broad SMARTS) is 1. The lowest BCUT2D eigenvalue weighted by Gasteiger charge is -1.99. The predicted octanol–water partition coefficient (Wildman–Crippen LogP) is 2.69. The highest BCUT2D eigenvalue weighted by molar-refractivity contribution is 9.10. The first-order chi connectivity index (χ1) is 6.66. The third-order valence-electron chi connectivity index (χ3n) is 1.82. The molecule has 5 heteroatoms. The number of nitrogens with zero attached hydrogens (tertiary/aromatic N) is 1. The topological polar surface area (TPSA) is 50.2 Å². The molecule has 2 aromatic rings. The van der Waals surface area contributed by atoms with E-state index in [2.05, 4.69) is 20.9 Å². The van der Waals surface area contributed by atoms with Gasteiger partial charge in [0.05, 0.1) is 22.1 Å². The smallest absolute Gasteiger partial charge is 0.307 e. The van der Waals surface area contributed by atoms with Gasteiger partial charge in [-0.3, -0.25) is 4.79 Å². The zero-order valence-corrected chi connectivity index (χ0v) is 9.43. The molecule has 0 atom stereocenters. The number of aromatic nitrogens is 1. The lowest BCUT2D eigenvalue weighted by molar-refractivity contribution is -0.136. The van der Waals surface area contributed by atoms with Crippen LogP contribution in [0.1, 0.15) is 5.56 Å². The highest BCUT2D eigenvalue weighted by atomic mass is 79.9. The van der Waals surface area contributed by atoms with Crippen LogP contribution in [0, 0.1) is 0 Å². The Morgan fingerprint density at radius 1 is 1.57 bits per heavy atom. The Hall–Kier alpha value is -0.940. The second kappa shape index (κ2) is 3.67. The SMILES string of the molecule is O=C(O)Cc1cc(Br)cc2ncsc12. The molecule has 72 valence electrons. The van der Waals surface area contributed by atoms with Crippen molar-refractivity contribution >= 4 is 43.5 Å². The lowest BCUT2D eigenvalue weighted by Crippen LogP contribution is -1.99. The number of aliphatic carboxylic acids is 1. The van der Waals surface area contributed by atoms with Crippen LogP contribution in [-0.2, 0) is 11.2 Å². The maximum absolute atomic E-state index is 10.6. The van der Waals surface area contributed by atoms with Crippen molar-refractivity contribution in [1.29, 1.82) is 0 Å². The number of halogens is 1. The lowest BCUT2D eigenvalue weighted by atomic mass is 10.1. The van der Waals surface area contributed by atoms with Crippen molar-refractivity contribution in [1.82, 2.24) is 4.98 Å². The summed E-state index contributed by atoms with van der Waals surface area (Å²) in [4.78, 5) is 14.8. The van der Waals surface area contributed by atoms with Crippen LogP contribution in [0.15, 0.2) is 22.1 Å². The largest absolute Gasteiger partial charge is 0.481 e. The summed E-state index contributed by atoms with van der Waals surface area (Å²) in [7, 11) is 0. The Balaban J connectivity index is 2.60. The summed E-state index contributed by atoms with van der Waals surface area (Å²) in [6.07, 6.45) is 0.0398. The van der Waals surface area contributed by atoms with Gasteiger partial charge in [0.1, 0.15) is 0 Å². The standard InChI is InChI=1S/C9H6BrNO2S/c10-6-1-5(2-8(12)13)9-7(3-6)11-4-14-9/h1,3-4H,2H2,(H,12,13). The van der Waals surface area contributed by atoms with Crippen molar-refractivity contribution in [2.75, 3.05) is 0 Å². The summed E-state index contributed by atoms with van der Waals surface area (Å²) in [5.74, 6) is -0.821. The summed E-state index contributed by atoms with van der Waals surface area (Å²) >= 11 is 4.80. The molecule has 0 radical (unpaired) electrons. The van der Waals surface area contributed by atoms with E-state index in [4.69, 9.17) is 5.11 Å². The van der Waals surface area contributed by atoms with Crippen LogP contribution in [0.2, 0.25) is 0 Å². The molecular weight excluding hydrogens is 266 g/mol. The molecule has 14 heavy (non-hydrogen) atoms. The van der Waals surface area contributed by atoms with E-state index in [0.29, 0.717) is 0 Å². The van der Waals surface area contributed by atoms with E-state index < -0.39 is 5.97 Å². The monoisotopic (exact) mass is 271 g/mol. The molecule has 0 amide bonds. The molecule has 3 nitrogen and oxygen atoms in total. The summed E-state index contributed by atoms with van der Waals surface area (Å²) in [6.45, 7) is 0. The van der Waals surface area contributed by atoms with E-state index in [0.717, 1.165) is 20.3 Å². The Morgan fingerprint density at radius 3 is 3.07 bits per heavy atom. The molecule has 0 spiro atoms. The van der Waals surface area contributed by atoms with E-state index in [1.807, 2.05) is 12.1 Å². The Bertz CT molecular complexity index is 495. The third-order valence-corrected chi connectivity index (χ3v) is 3.19. The number of rotatable bonds is 2. The van der Waals surface area contributed by atoms with Crippen molar-refractivity contribution < 1.29 is 9.90 Å². The van der Waals surface area contributed by atoms with Crippen molar-refractivity contribution in [3.63, 3.8) is 0 Å². The molecular formula is C9H6BrNO2S. The molecule has 2 rings (SSSR count). The van der Waals surface area contributed by atoms with E-state index in [-0.39, 0.29) is 6.42 Å². The van der Waals surface area contributed by atoms with Gasteiger partial charge in [-0.1, -0.05) is 15.9 Å². The van der Waals surface area contributed by atoms with Crippen molar-refractivity contribution in [2.45, 2.75) is 6.42 Å². The first-order valence-corrected chi connectivity index (χ1v) is 5.57. The second-order valence-corrected chi connectivity index (χ2v) is 4.61. The van der Waals surface area contributed by atoms with Crippen LogP contribution in [0.25, 0.3) is 10.2 Å². The minimum absolute atomic E-state index is 0.0398. The average molecular weight is 272 g/mol. The zero-order chi connectivity index (χ0) is 10.1. The quantitative estimate of drug-likeness (QED) is 0.914. The van der Waals surface area contributed by atoms with E-state index in [1.54, 1.807) is 5.51 Å². The second-order valence-electron chi connectivity index (χ2n) is 2.84. The summed E-state index contributed by atoms with van der Waals surface area (Å²) < 4.78 is 1.82. The molecule has 1 aromatic carbocycles. The van der Waals surface area contributed by atoms with Crippen LogP contribution in [0.5, 0.6) is 0 Å². The number of thiazole rings is 1. The predicted molar refractivity (Wildman–Crippen MR) is 58.7 cm³/mol. The maximum atomic E-state index is 10.6. The summed E-state index contributed by atoms with van der Waals surface area (Å²) in [6, 6.07) is 3.71. The third kappa shape index (κ3) is 1.78. The van der Waals surface area contributed by atoms with Crippen molar-refractivity contribution in [2.24, 2.45) is 0 Å². The first-order valence-electron chi connectivity index (χ1n) is 3.90. The zero-order valence-electron chi connectivity index (χ0n) is 7.03. The normalized spacial score (nSPS) is 10.6. The number of hydrogen-bond donors (Lipinski definition) is 1. The van der Waals surface area contributed by atoms with Crippen LogP contribution >= 0.6 is 27.3 Å². The van der Waals surface area contributed by atoms with Gasteiger partial charge in [0.15, 0.2) is 0 Å². The summed E-state index contributed by atoms with van der Waals surface area (Å²) in [5.41, 5.74) is 3.38. The number of fused-ring (bicyclic) bond motifs is 1. The van der Waals surface area contributed by atoms with E-state index in [1.165, 1.54) is 11.3 Å². The molecule has 0 aliphatic heterocycles. The molecule has 1 heterocycles. The molecule has 1 N–H and O–H groups in total. The van der Waals surface area contributed by atoms with Crippen molar-refractivity contribution in [3.8, 4) is 0 Å². The first kappa shape index (κ1) is 9.61. The molecule has 1 aromatic heterocycles. The van der Waals surface area contributed by atoms with Gasteiger partial charge in [-0.05, 0) is 17.7 Å². The Labute approximate surface area is 92.5 Å². The molecule has 0 unspecified atom stereocenters. The van der Waals surface area contributed by atoms with Crippen LogP contribution in [0.4, 0.5) is 0 Å². The number of carboxylic acids is 1. The number of carbonyl (C=O) groups is 1. The highest BCUT2D eigenvalue weighted by Crippen LogP contribution is 2.27. The average Bonchev–Trinajstić information content (AvgIpc) is 2.50. The molecule has 0 saturated heterocycles. The fourth-order valence-electron chi connectivity index (χ4n) is 1.30. The molecule has 0 bridgehead atoms. The van der Waals surface area contributed by atoms with Gasteiger partial charge in [-0.25, -0.2) is 4.98 Å². The molecule has 0 fully saturated rings. The van der Waals surface area contributed by atoms with E-state index in [9.17, 15) is 4.79 Å². The fourth-order valence-corrected chi connectivity index (χ4v) is 2.58. The van der Waals surface area contributed by atoms with Gasteiger partial charge in [0, 0.05) is 4.47 Å². The van der Waals surface area contributed by atoms with Crippen LogP contribution < -0.4 is 0 Å². The maximum Gasteiger partial charge on any atom is 0.307 e. The minimum Gasteiger partial charge on any atom is -0.481 e. The molecule has 0 saturated carbocycles. The number of hydrogen-bond acceptors (Lipinski definition) is 3. The summed E-state index contributed by atoms with van der Waals surface area (Å²) in [5, 5.41) is 8.72. The van der Waals surface area contributed by atoms with Crippen LogP contribution in [0.3, 0.4) is 0 Å². The molecule has 0 aliphatic carbocycles. The van der Waals surface area contributed by atoms with Gasteiger partial charge in [-0.15, -0.1) is 11.3 Å². The number of benzene rings is 1. The highest BCUT2D eigenvalue weighted by Gasteiger charge is 2.08. The van der Waals surface area contributed by atoms with Gasteiger partial charge in [0.25, 0.3) is 0 Å². The molecule has 0 aliphatic rings. The van der Waals surface area contributed by atoms with Crippen molar-refractivity contribution in [3.05, 3.63) is 27.7 Å². The van der Waals surface area contributed by atoms with E-state index >= 15 is 0 Å². The van der Waals surface area contributed by atoms with Gasteiger partial charge in [0.2, 0.25) is 0 Å². The fraction of sp³-hybridized carbons (Fsp3) is 0.111.